The lowest BCUT2D eigenvalue weighted by molar-refractivity contribution is 0.353. The molecule has 1 fully saturated rings. The molecule has 2 atom stereocenters. The SMILES string of the molecule is CCC(NC1CC1(C)C)c1ccc(OC)c(OC)c1. The second kappa shape index (κ2) is 5.41. The minimum absolute atomic E-state index is 0.381. The number of hydrogen-bond acceptors (Lipinski definition) is 3. The Morgan fingerprint density at radius 1 is 1.26 bits per heavy atom. The zero-order valence-electron chi connectivity index (χ0n) is 12.6. The molecule has 2 unspecified atom stereocenters. The monoisotopic (exact) mass is 263 g/mol. The molecule has 3 nitrogen and oxygen atoms in total. The molecule has 0 aromatic heterocycles. The molecule has 0 saturated heterocycles. The molecular formula is C16H25NO2. The Labute approximate surface area is 116 Å². The van der Waals surface area contributed by atoms with Crippen LogP contribution >= 0.6 is 0 Å². The van der Waals surface area contributed by atoms with Crippen LogP contribution in [0.1, 0.15) is 45.2 Å². The van der Waals surface area contributed by atoms with E-state index in [4.69, 9.17) is 9.47 Å². The van der Waals surface area contributed by atoms with Crippen LogP contribution in [0.5, 0.6) is 11.5 Å². The van der Waals surface area contributed by atoms with E-state index >= 15 is 0 Å². The molecule has 1 aromatic carbocycles. The van der Waals surface area contributed by atoms with Crippen LogP contribution in [0, 0.1) is 5.41 Å². The molecule has 19 heavy (non-hydrogen) atoms. The highest BCUT2D eigenvalue weighted by Crippen LogP contribution is 2.46. The summed E-state index contributed by atoms with van der Waals surface area (Å²) in [6, 6.07) is 7.20. The zero-order valence-corrected chi connectivity index (χ0v) is 12.6. The van der Waals surface area contributed by atoms with Crippen molar-refractivity contribution in [1.82, 2.24) is 5.32 Å². The van der Waals surface area contributed by atoms with Gasteiger partial charge in [0.2, 0.25) is 0 Å². The number of benzene rings is 1. The second-order valence-corrected chi connectivity index (χ2v) is 5.99. The smallest absolute Gasteiger partial charge is 0.161 e. The summed E-state index contributed by atoms with van der Waals surface area (Å²) >= 11 is 0. The van der Waals surface area contributed by atoms with Crippen molar-refractivity contribution in [3.8, 4) is 11.5 Å². The van der Waals surface area contributed by atoms with Gasteiger partial charge in [-0.05, 0) is 36.0 Å². The minimum Gasteiger partial charge on any atom is -0.493 e. The third kappa shape index (κ3) is 3.03. The molecule has 0 spiro atoms. The van der Waals surface area contributed by atoms with Crippen molar-refractivity contribution in [2.24, 2.45) is 5.41 Å². The molecule has 106 valence electrons. The molecule has 1 aromatic rings. The summed E-state index contributed by atoms with van der Waals surface area (Å²) in [4.78, 5) is 0. The van der Waals surface area contributed by atoms with Crippen LogP contribution in [0.4, 0.5) is 0 Å². The Hall–Kier alpha value is -1.22. The van der Waals surface area contributed by atoms with Gasteiger partial charge < -0.3 is 14.8 Å². The first-order valence-electron chi connectivity index (χ1n) is 6.99. The normalized spacial score (nSPS) is 21.8. The number of rotatable bonds is 6. The zero-order chi connectivity index (χ0) is 14.0. The van der Waals surface area contributed by atoms with Crippen LogP contribution in [-0.2, 0) is 0 Å². The summed E-state index contributed by atoms with van der Waals surface area (Å²) in [7, 11) is 3.35. The topological polar surface area (TPSA) is 30.5 Å². The van der Waals surface area contributed by atoms with E-state index in [1.54, 1.807) is 14.2 Å². The van der Waals surface area contributed by atoms with Crippen molar-refractivity contribution < 1.29 is 9.47 Å². The van der Waals surface area contributed by atoms with E-state index in [-0.39, 0.29) is 0 Å². The van der Waals surface area contributed by atoms with E-state index in [2.05, 4.69) is 38.2 Å². The number of hydrogen-bond donors (Lipinski definition) is 1. The average Bonchev–Trinajstić information content (AvgIpc) is 3.02. The maximum Gasteiger partial charge on any atom is 0.161 e. The molecule has 3 heteroatoms. The second-order valence-electron chi connectivity index (χ2n) is 5.99. The lowest BCUT2D eigenvalue weighted by Gasteiger charge is -2.20. The fourth-order valence-corrected chi connectivity index (χ4v) is 2.51. The van der Waals surface area contributed by atoms with Gasteiger partial charge in [-0.3, -0.25) is 0 Å². The largest absolute Gasteiger partial charge is 0.493 e. The number of nitrogens with one attached hydrogen (secondary N) is 1. The van der Waals surface area contributed by atoms with Crippen LogP contribution in [0.2, 0.25) is 0 Å². The third-order valence-corrected chi connectivity index (χ3v) is 4.13. The summed E-state index contributed by atoms with van der Waals surface area (Å²) in [5.74, 6) is 1.59. The molecule has 2 rings (SSSR count). The van der Waals surface area contributed by atoms with Crippen molar-refractivity contribution >= 4 is 0 Å². The Bertz CT molecular complexity index is 442. The van der Waals surface area contributed by atoms with Gasteiger partial charge in [0.1, 0.15) is 0 Å². The summed E-state index contributed by atoms with van der Waals surface area (Å²) < 4.78 is 10.7. The third-order valence-electron chi connectivity index (χ3n) is 4.13. The maximum atomic E-state index is 5.38. The van der Waals surface area contributed by atoms with Crippen molar-refractivity contribution in [3.05, 3.63) is 23.8 Å². The predicted octanol–water partition coefficient (Wildman–Crippen LogP) is 3.54. The molecule has 1 aliphatic carbocycles. The van der Waals surface area contributed by atoms with Crippen molar-refractivity contribution in [2.75, 3.05) is 14.2 Å². The molecule has 0 radical (unpaired) electrons. The Morgan fingerprint density at radius 3 is 2.37 bits per heavy atom. The van der Waals surface area contributed by atoms with Gasteiger partial charge in [-0.25, -0.2) is 0 Å². The van der Waals surface area contributed by atoms with Gasteiger partial charge in [-0.1, -0.05) is 26.8 Å². The lowest BCUT2D eigenvalue weighted by Crippen LogP contribution is -2.25. The van der Waals surface area contributed by atoms with Crippen molar-refractivity contribution in [1.29, 1.82) is 0 Å². The van der Waals surface area contributed by atoms with Gasteiger partial charge in [0.15, 0.2) is 11.5 Å². The molecular weight excluding hydrogens is 238 g/mol. The first kappa shape index (κ1) is 14.2. The Kier molecular flexibility index (Phi) is 4.04. The average molecular weight is 263 g/mol. The highest BCUT2D eigenvalue weighted by atomic mass is 16.5. The van der Waals surface area contributed by atoms with Crippen LogP contribution in [-0.4, -0.2) is 20.3 Å². The maximum absolute atomic E-state index is 5.38. The predicted molar refractivity (Wildman–Crippen MR) is 77.9 cm³/mol. The first-order chi connectivity index (χ1) is 9.01. The summed E-state index contributed by atoms with van der Waals surface area (Å²) in [6.45, 7) is 6.84. The van der Waals surface area contributed by atoms with Crippen LogP contribution in [0.15, 0.2) is 18.2 Å². The van der Waals surface area contributed by atoms with Crippen molar-refractivity contribution in [2.45, 2.75) is 45.7 Å². The number of methoxy groups -OCH3 is 2. The van der Waals surface area contributed by atoms with Gasteiger partial charge >= 0.3 is 0 Å². The van der Waals surface area contributed by atoms with Crippen molar-refractivity contribution in [3.63, 3.8) is 0 Å². The molecule has 1 aliphatic rings. The van der Waals surface area contributed by atoms with E-state index in [9.17, 15) is 0 Å². The molecule has 0 bridgehead atoms. The van der Waals surface area contributed by atoms with Gasteiger partial charge in [0.25, 0.3) is 0 Å². The van der Waals surface area contributed by atoms with Gasteiger partial charge in [0.05, 0.1) is 14.2 Å². The standard InChI is InChI=1S/C16H25NO2/c1-6-12(17-15-10-16(15,2)3)11-7-8-13(18-4)14(9-11)19-5/h7-9,12,15,17H,6,10H2,1-5H3. The molecule has 0 amide bonds. The highest BCUT2D eigenvalue weighted by Gasteiger charge is 2.46. The van der Waals surface area contributed by atoms with E-state index in [1.165, 1.54) is 12.0 Å². The van der Waals surface area contributed by atoms with E-state index in [0.29, 0.717) is 17.5 Å². The van der Waals surface area contributed by atoms with Gasteiger partial charge in [-0.15, -0.1) is 0 Å². The summed E-state index contributed by atoms with van der Waals surface area (Å²) in [5, 5.41) is 3.74. The molecule has 1 N–H and O–H groups in total. The summed E-state index contributed by atoms with van der Waals surface area (Å²) in [6.07, 6.45) is 2.33. The van der Waals surface area contributed by atoms with Crippen LogP contribution < -0.4 is 14.8 Å². The Morgan fingerprint density at radius 2 is 1.89 bits per heavy atom. The van der Waals surface area contributed by atoms with E-state index in [1.807, 2.05) is 6.07 Å². The number of ether oxygens (including phenoxy) is 2. The lowest BCUT2D eigenvalue weighted by atomic mass is 10.0. The first-order valence-corrected chi connectivity index (χ1v) is 6.99. The van der Waals surface area contributed by atoms with Gasteiger partial charge in [0, 0.05) is 12.1 Å². The molecule has 0 heterocycles. The fraction of sp³-hybridized carbons (Fsp3) is 0.625. The van der Waals surface area contributed by atoms with E-state index in [0.717, 1.165) is 17.9 Å². The van der Waals surface area contributed by atoms with Crippen LogP contribution in [0.25, 0.3) is 0 Å². The van der Waals surface area contributed by atoms with Gasteiger partial charge in [-0.2, -0.15) is 0 Å². The fourth-order valence-electron chi connectivity index (χ4n) is 2.51. The van der Waals surface area contributed by atoms with Crippen LogP contribution in [0.3, 0.4) is 0 Å². The van der Waals surface area contributed by atoms with E-state index < -0.39 is 0 Å². The molecule has 1 saturated carbocycles. The minimum atomic E-state index is 0.381. The Balaban J connectivity index is 2.14. The quantitative estimate of drug-likeness (QED) is 0.851. The highest BCUT2D eigenvalue weighted by molar-refractivity contribution is 5.43. The summed E-state index contributed by atoms with van der Waals surface area (Å²) in [5.41, 5.74) is 1.71. The molecule has 0 aliphatic heterocycles.